The Kier molecular flexibility index (Phi) is 9.02. The van der Waals surface area contributed by atoms with E-state index in [4.69, 9.17) is 5.26 Å². The maximum Gasteiger partial charge on any atom is 0.199 e. The second-order valence-corrected chi connectivity index (χ2v) is 7.99. The van der Waals surface area contributed by atoms with Crippen molar-refractivity contribution in [2.45, 2.75) is 77.6 Å². The van der Waals surface area contributed by atoms with Crippen LogP contribution in [0.2, 0.25) is 0 Å². The van der Waals surface area contributed by atoms with Gasteiger partial charge in [0.1, 0.15) is 6.07 Å². The SMILES string of the molecule is CCCC[C@H]1CC[C@H](C=C[C@H]2CC[C@H](C=CC=C(F)C#N)CC2)CC1. The van der Waals surface area contributed by atoms with Crippen molar-refractivity contribution in [1.29, 1.82) is 5.26 Å². The van der Waals surface area contributed by atoms with Crippen LogP contribution in [0.5, 0.6) is 0 Å². The second-order valence-electron chi connectivity index (χ2n) is 7.99. The molecule has 2 aliphatic rings. The largest absolute Gasteiger partial charge is 0.199 e. The summed E-state index contributed by atoms with van der Waals surface area (Å²) in [5.41, 5.74) is 0. The summed E-state index contributed by atoms with van der Waals surface area (Å²) in [5, 5.41) is 8.39. The zero-order valence-corrected chi connectivity index (χ0v) is 15.8. The normalized spacial score (nSPS) is 31.5. The maximum atomic E-state index is 12.8. The van der Waals surface area contributed by atoms with Crippen LogP contribution in [0.15, 0.2) is 36.2 Å². The van der Waals surface area contributed by atoms with Gasteiger partial charge < -0.3 is 0 Å². The summed E-state index contributed by atoms with van der Waals surface area (Å²) in [6, 6.07) is 1.50. The number of nitriles is 1. The molecule has 0 bridgehead atoms. The Morgan fingerprint density at radius 2 is 1.44 bits per heavy atom. The van der Waals surface area contributed by atoms with Gasteiger partial charge in [0, 0.05) is 0 Å². The molecule has 2 heteroatoms. The molecule has 0 amide bonds. The van der Waals surface area contributed by atoms with Crippen LogP contribution in [0, 0.1) is 35.0 Å². The molecule has 2 fully saturated rings. The van der Waals surface area contributed by atoms with Crippen molar-refractivity contribution in [2.24, 2.45) is 23.7 Å². The molecular formula is C23H34FN. The van der Waals surface area contributed by atoms with Crippen LogP contribution in [-0.4, -0.2) is 0 Å². The van der Waals surface area contributed by atoms with Crippen LogP contribution < -0.4 is 0 Å². The van der Waals surface area contributed by atoms with Gasteiger partial charge in [0.25, 0.3) is 0 Å². The summed E-state index contributed by atoms with van der Waals surface area (Å²) in [7, 11) is 0. The molecule has 0 N–H and O–H groups in total. The molecule has 0 radical (unpaired) electrons. The summed E-state index contributed by atoms with van der Waals surface area (Å²) < 4.78 is 12.8. The van der Waals surface area contributed by atoms with Gasteiger partial charge in [-0.3, -0.25) is 0 Å². The van der Waals surface area contributed by atoms with Crippen LogP contribution in [0.3, 0.4) is 0 Å². The van der Waals surface area contributed by atoms with E-state index in [-0.39, 0.29) is 0 Å². The molecule has 0 saturated heterocycles. The molecule has 0 spiro atoms. The highest BCUT2D eigenvalue weighted by atomic mass is 19.1. The van der Waals surface area contributed by atoms with Crippen molar-refractivity contribution < 1.29 is 4.39 Å². The number of unbranched alkanes of at least 4 members (excludes halogenated alkanes) is 1. The highest BCUT2D eigenvalue weighted by Gasteiger charge is 2.20. The van der Waals surface area contributed by atoms with Crippen molar-refractivity contribution >= 4 is 0 Å². The smallest absolute Gasteiger partial charge is 0.195 e. The summed E-state index contributed by atoms with van der Waals surface area (Å²) in [6.45, 7) is 2.29. The Labute approximate surface area is 153 Å². The van der Waals surface area contributed by atoms with E-state index in [1.807, 2.05) is 0 Å². The molecule has 2 saturated carbocycles. The number of rotatable bonds is 7. The van der Waals surface area contributed by atoms with Crippen LogP contribution in [0.25, 0.3) is 0 Å². The molecule has 0 aromatic heterocycles. The number of allylic oxidation sites excluding steroid dienone is 6. The van der Waals surface area contributed by atoms with Gasteiger partial charge in [-0.25, -0.2) is 0 Å². The summed E-state index contributed by atoms with van der Waals surface area (Å²) >= 11 is 0. The topological polar surface area (TPSA) is 23.8 Å². The first kappa shape index (κ1) is 20.0. The average Bonchev–Trinajstić information content (AvgIpc) is 2.66. The number of hydrogen-bond acceptors (Lipinski definition) is 1. The average molecular weight is 344 g/mol. The quantitative estimate of drug-likeness (QED) is 0.271. The zero-order valence-electron chi connectivity index (χ0n) is 15.8. The van der Waals surface area contributed by atoms with Crippen molar-refractivity contribution in [2.75, 3.05) is 0 Å². The van der Waals surface area contributed by atoms with Gasteiger partial charge in [-0.15, -0.1) is 0 Å². The van der Waals surface area contributed by atoms with Gasteiger partial charge in [0.15, 0.2) is 5.83 Å². The highest BCUT2D eigenvalue weighted by molar-refractivity contribution is 5.19. The lowest BCUT2D eigenvalue weighted by Gasteiger charge is -2.28. The van der Waals surface area contributed by atoms with Crippen molar-refractivity contribution in [1.82, 2.24) is 0 Å². The predicted molar refractivity (Wildman–Crippen MR) is 104 cm³/mol. The van der Waals surface area contributed by atoms with Crippen molar-refractivity contribution in [3.8, 4) is 6.07 Å². The van der Waals surface area contributed by atoms with Gasteiger partial charge >= 0.3 is 0 Å². The van der Waals surface area contributed by atoms with Crippen molar-refractivity contribution in [3.05, 3.63) is 36.2 Å². The van der Waals surface area contributed by atoms with E-state index < -0.39 is 5.83 Å². The fraction of sp³-hybridized carbons (Fsp3) is 0.696. The third-order valence-electron chi connectivity index (χ3n) is 6.06. The Morgan fingerprint density at radius 1 is 0.920 bits per heavy atom. The van der Waals surface area contributed by atoms with E-state index >= 15 is 0 Å². The van der Waals surface area contributed by atoms with Gasteiger partial charge in [0.05, 0.1) is 0 Å². The minimum atomic E-state index is -0.711. The minimum absolute atomic E-state index is 0.543. The molecular weight excluding hydrogens is 309 g/mol. The zero-order chi connectivity index (χ0) is 17.9. The van der Waals surface area contributed by atoms with E-state index in [1.54, 1.807) is 6.08 Å². The van der Waals surface area contributed by atoms with E-state index in [0.717, 1.165) is 17.8 Å². The Hall–Kier alpha value is -1.36. The summed E-state index contributed by atoms with van der Waals surface area (Å²) in [5.74, 6) is 2.37. The molecule has 25 heavy (non-hydrogen) atoms. The molecule has 0 heterocycles. The molecule has 0 atom stereocenters. The fourth-order valence-corrected chi connectivity index (χ4v) is 4.34. The molecule has 0 aliphatic heterocycles. The van der Waals surface area contributed by atoms with Crippen LogP contribution in [-0.2, 0) is 0 Å². The third kappa shape index (κ3) is 7.59. The fourth-order valence-electron chi connectivity index (χ4n) is 4.34. The van der Waals surface area contributed by atoms with E-state index in [2.05, 4.69) is 25.2 Å². The monoisotopic (exact) mass is 343 g/mol. The molecule has 0 aromatic rings. The first-order valence-corrected chi connectivity index (χ1v) is 10.3. The minimum Gasteiger partial charge on any atom is -0.195 e. The molecule has 1 nitrogen and oxygen atoms in total. The number of nitrogens with zero attached hydrogens (tertiary/aromatic N) is 1. The standard InChI is InChI=1S/C23H34FN/c1-2-3-5-19-8-12-21(13-9-19)16-17-22-14-10-20(11-15-22)6-4-7-23(24)18-25/h4,6-7,16-17,19-22H,2-3,5,8-15H2,1H3/t19-,20-,21-,22-. The third-order valence-corrected chi connectivity index (χ3v) is 6.06. The lowest BCUT2D eigenvalue weighted by molar-refractivity contribution is 0.289. The predicted octanol–water partition coefficient (Wildman–Crippen LogP) is 7.28. The van der Waals surface area contributed by atoms with Crippen LogP contribution in [0.4, 0.5) is 4.39 Å². The first-order chi connectivity index (χ1) is 12.2. The van der Waals surface area contributed by atoms with E-state index in [1.165, 1.54) is 82.8 Å². The molecule has 0 aromatic carbocycles. The lowest BCUT2D eigenvalue weighted by Crippen LogP contribution is -2.14. The Bertz CT molecular complexity index is 495. The van der Waals surface area contributed by atoms with Gasteiger partial charge in [-0.05, 0) is 81.1 Å². The maximum absolute atomic E-state index is 12.8. The van der Waals surface area contributed by atoms with Gasteiger partial charge in [0.2, 0.25) is 0 Å². The van der Waals surface area contributed by atoms with Crippen LogP contribution >= 0.6 is 0 Å². The van der Waals surface area contributed by atoms with Gasteiger partial charge in [-0.2, -0.15) is 9.65 Å². The van der Waals surface area contributed by atoms with E-state index in [9.17, 15) is 4.39 Å². The molecule has 2 aliphatic carbocycles. The Morgan fingerprint density at radius 3 is 1.96 bits per heavy atom. The van der Waals surface area contributed by atoms with E-state index in [0.29, 0.717) is 5.92 Å². The van der Waals surface area contributed by atoms with Crippen LogP contribution in [0.1, 0.15) is 77.6 Å². The summed E-state index contributed by atoms with van der Waals surface area (Å²) in [6.07, 6.45) is 24.7. The molecule has 138 valence electrons. The highest BCUT2D eigenvalue weighted by Crippen LogP contribution is 2.34. The number of hydrogen-bond donors (Lipinski definition) is 0. The van der Waals surface area contributed by atoms with Crippen molar-refractivity contribution in [3.63, 3.8) is 0 Å². The van der Waals surface area contributed by atoms with Gasteiger partial charge in [-0.1, -0.05) is 50.5 Å². The molecule has 0 unspecified atom stereocenters. The number of halogens is 1. The first-order valence-electron chi connectivity index (χ1n) is 10.3. The Balaban J connectivity index is 1.65. The molecule has 2 rings (SSSR count). The second kappa shape index (κ2) is 11.3. The lowest BCUT2D eigenvalue weighted by atomic mass is 9.78. The summed E-state index contributed by atoms with van der Waals surface area (Å²) in [4.78, 5) is 0.